The summed E-state index contributed by atoms with van der Waals surface area (Å²) in [4.78, 5) is 44.1. The Morgan fingerprint density at radius 2 is 1.80 bits per heavy atom. The van der Waals surface area contributed by atoms with E-state index in [0.29, 0.717) is 28.1 Å². The molecule has 8 heteroatoms. The highest BCUT2D eigenvalue weighted by atomic mass is 32.1. The average Bonchev–Trinajstić information content (AvgIpc) is 3.18. The van der Waals surface area contributed by atoms with Crippen LogP contribution in [0, 0.1) is 20.8 Å². The minimum absolute atomic E-state index is 0.177. The minimum atomic E-state index is -0.402. The quantitative estimate of drug-likeness (QED) is 0.358. The fraction of sp³-hybridized carbons (Fsp3) is 0.259. The summed E-state index contributed by atoms with van der Waals surface area (Å²) in [6.07, 6.45) is 2.16. The first-order valence-corrected chi connectivity index (χ1v) is 12.2. The standard InChI is InChI=1S/C27H27N3O4S/c1-5-12-34-27(33)19-8-10-21(11-9-19)29-22(31)14-30-15-28-25-24(26(30)32)23(18(4)35-25)20-7-6-16(2)17(3)13-20/h6-11,13,15H,5,12,14H2,1-4H3,(H,29,31). The van der Waals surface area contributed by atoms with Crippen molar-refractivity contribution in [1.29, 1.82) is 0 Å². The van der Waals surface area contributed by atoms with Crippen LogP contribution in [0.5, 0.6) is 0 Å². The van der Waals surface area contributed by atoms with E-state index in [1.807, 2.05) is 32.9 Å². The molecule has 0 bridgehead atoms. The number of carbonyl (C=O) groups is 2. The lowest BCUT2D eigenvalue weighted by Crippen LogP contribution is -2.27. The normalized spacial score (nSPS) is 11.0. The third-order valence-corrected chi connectivity index (χ3v) is 6.82. The molecule has 0 fully saturated rings. The third kappa shape index (κ3) is 5.17. The van der Waals surface area contributed by atoms with E-state index in [0.717, 1.165) is 28.0 Å². The number of aromatic nitrogens is 2. The van der Waals surface area contributed by atoms with Gasteiger partial charge in [-0.05, 0) is 68.1 Å². The van der Waals surface area contributed by atoms with Crippen molar-refractivity contribution in [3.8, 4) is 11.1 Å². The van der Waals surface area contributed by atoms with E-state index in [2.05, 4.69) is 23.3 Å². The second kappa shape index (κ2) is 10.2. The summed E-state index contributed by atoms with van der Waals surface area (Å²) in [5, 5.41) is 3.29. The van der Waals surface area contributed by atoms with Gasteiger partial charge < -0.3 is 10.1 Å². The smallest absolute Gasteiger partial charge is 0.338 e. The van der Waals surface area contributed by atoms with Gasteiger partial charge in [0.25, 0.3) is 5.56 Å². The highest BCUT2D eigenvalue weighted by Crippen LogP contribution is 2.36. The molecule has 2 heterocycles. The molecule has 4 aromatic rings. The SMILES string of the molecule is CCCOC(=O)c1ccc(NC(=O)Cn2cnc3sc(C)c(-c4ccc(C)c(C)c4)c3c2=O)cc1. The van der Waals surface area contributed by atoms with Gasteiger partial charge in [0.1, 0.15) is 11.4 Å². The van der Waals surface area contributed by atoms with Crippen LogP contribution < -0.4 is 10.9 Å². The first-order valence-electron chi connectivity index (χ1n) is 11.4. The molecule has 0 spiro atoms. The van der Waals surface area contributed by atoms with Crippen molar-refractivity contribution in [2.45, 2.75) is 40.7 Å². The van der Waals surface area contributed by atoms with E-state index in [1.54, 1.807) is 24.3 Å². The van der Waals surface area contributed by atoms with Gasteiger partial charge in [-0.15, -0.1) is 11.3 Å². The van der Waals surface area contributed by atoms with Crippen LogP contribution in [0.15, 0.2) is 53.6 Å². The molecular formula is C27H27N3O4S. The summed E-state index contributed by atoms with van der Waals surface area (Å²) in [6, 6.07) is 12.6. The van der Waals surface area contributed by atoms with Crippen molar-refractivity contribution in [3.63, 3.8) is 0 Å². The number of ether oxygens (including phenoxy) is 1. The van der Waals surface area contributed by atoms with Crippen molar-refractivity contribution in [3.05, 3.63) is 80.7 Å². The molecule has 0 aliphatic rings. The molecule has 180 valence electrons. The molecule has 0 saturated carbocycles. The minimum Gasteiger partial charge on any atom is -0.462 e. The first kappa shape index (κ1) is 24.3. The van der Waals surface area contributed by atoms with Crippen molar-refractivity contribution in [1.82, 2.24) is 9.55 Å². The van der Waals surface area contributed by atoms with Crippen LogP contribution in [0.4, 0.5) is 5.69 Å². The zero-order valence-corrected chi connectivity index (χ0v) is 21.0. The van der Waals surface area contributed by atoms with Gasteiger partial charge in [-0.2, -0.15) is 0 Å². The van der Waals surface area contributed by atoms with Crippen LogP contribution in [0.2, 0.25) is 0 Å². The van der Waals surface area contributed by atoms with Gasteiger partial charge in [-0.25, -0.2) is 9.78 Å². The number of rotatable bonds is 7. The number of nitrogens with one attached hydrogen (secondary N) is 1. The fourth-order valence-electron chi connectivity index (χ4n) is 3.82. The Hall–Kier alpha value is -3.78. The first-order chi connectivity index (χ1) is 16.8. The van der Waals surface area contributed by atoms with Crippen molar-refractivity contribution >= 4 is 39.1 Å². The summed E-state index contributed by atoms with van der Waals surface area (Å²) >= 11 is 1.47. The average molecular weight is 490 g/mol. The zero-order valence-electron chi connectivity index (χ0n) is 20.2. The maximum absolute atomic E-state index is 13.4. The topological polar surface area (TPSA) is 90.3 Å². The summed E-state index contributed by atoms with van der Waals surface area (Å²) in [5.74, 6) is -0.768. The lowest BCUT2D eigenvalue weighted by Gasteiger charge is -2.09. The monoisotopic (exact) mass is 489 g/mol. The largest absolute Gasteiger partial charge is 0.462 e. The van der Waals surface area contributed by atoms with Gasteiger partial charge in [0.15, 0.2) is 0 Å². The molecular weight excluding hydrogens is 462 g/mol. The van der Waals surface area contributed by atoms with Crippen LogP contribution in [0.1, 0.15) is 39.7 Å². The van der Waals surface area contributed by atoms with E-state index < -0.39 is 5.97 Å². The predicted molar refractivity (Wildman–Crippen MR) is 139 cm³/mol. The van der Waals surface area contributed by atoms with E-state index in [-0.39, 0.29) is 18.0 Å². The number of amides is 1. The number of hydrogen-bond donors (Lipinski definition) is 1. The van der Waals surface area contributed by atoms with E-state index >= 15 is 0 Å². The van der Waals surface area contributed by atoms with Gasteiger partial charge in [-0.1, -0.05) is 25.1 Å². The Morgan fingerprint density at radius 1 is 1.06 bits per heavy atom. The number of aryl methyl sites for hydroxylation is 3. The van der Waals surface area contributed by atoms with Crippen molar-refractivity contribution in [2.24, 2.45) is 0 Å². The zero-order chi connectivity index (χ0) is 25.1. The van der Waals surface area contributed by atoms with Gasteiger partial charge in [0.2, 0.25) is 5.91 Å². The molecule has 1 N–H and O–H groups in total. The van der Waals surface area contributed by atoms with Crippen LogP contribution in [-0.4, -0.2) is 28.0 Å². The Bertz CT molecular complexity index is 1470. The molecule has 0 saturated heterocycles. The van der Waals surface area contributed by atoms with E-state index in [4.69, 9.17) is 4.74 Å². The number of anilines is 1. The lowest BCUT2D eigenvalue weighted by molar-refractivity contribution is -0.116. The Labute approximate surface area is 207 Å². The molecule has 2 aromatic carbocycles. The van der Waals surface area contributed by atoms with Crippen molar-refractivity contribution < 1.29 is 14.3 Å². The molecule has 0 aliphatic heterocycles. The molecule has 0 aliphatic carbocycles. The Balaban J connectivity index is 1.56. The number of esters is 1. The maximum atomic E-state index is 13.4. The van der Waals surface area contributed by atoms with Gasteiger partial charge in [-0.3, -0.25) is 14.2 Å². The number of thiophene rings is 1. The second-order valence-corrected chi connectivity index (χ2v) is 9.65. The molecule has 35 heavy (non-hydrogen) atoms. The molecule has 0 atom stereocenters. The van der Waals surface area contributed by atoms with Gasteiger partial charge >= 0.3 is 5.97 Å². The molecule has 2 aromatic heterocycles. The Kier molecular flexibility index (Phi) is 7.12. The highest BCUT2D eigenvalue weighted by Gasteiger charge is 2.18. The van der Waals surface area contributed by atoms with Crippen molar-refractivity contribution in [2.75, 3.05) is 11.9 Å². The van der Waals surface area contributed by atoms with Gasteiger partial charge in [0, 0.05) is 16.1 Å². The number of nitrogens with zero attached hydrogens (tertiary/aromatic N) is 2. The molecule has 1 amide bonds. The second-order valence-electron chi connectivity index (χ2n) is 8.45. The molecule has 4 rings (SSSR count). The third-order valence-electron chi connectivity index (χ3n) is 5.81. The Morgan fingerprint density at radius 3 is 2.49 bits per heavy atom. The molecule has 7 nitrogen and oxygen atoms in total. The van der Waals surface area contributed by atoms with Crippen LogP contribution in [0.3, 0.4) is 0 Å². The summed E-state index contributed by atoms with van der Waals surface area (Å²) in [7, 11) is 0. The van der Waals surface area contributed by atoms with Gasteiger partial charge in [0.05, 0.1) is 23.9 Å². The number of hydrogen-bond acceptors (Lipinski definition) is 6. The fourth-order valence-corrected chi connectivity index (χ4v) is 4.82. The maximum Gasteiger partial charge on any atom is 0.338 e. The summed E-state index contributed by atoms with van der Waals surface area (Å²) in [6.45, 7) is 8.19. The lowest BCUT2D eigenvalue weighted by atomic mass is 9.99. The van der Waals surface area contributed by atoms with Crippen LogP contribution in [0.25, 0.3) is 21.3 Å². The molecule has 0 radical (unpaired) electrons. The van der Waals surface area contributed by atoms with E-state index in [9.17, 15) is 14.4 Å². The number of fused-ring (bicyclic) bond motifs is 1. The van der Waals surface area contributed by atoms with E-state index in [1.165, 1.54) is 27.8 Å². The summed E-state index contributed by atoms with van der Waals surface area (Å²) < 4.78 is 6.43. The summed E-state index contributed by atoms with van der Waals surface area (Å²) in [5.41, 5.74) is 4.84. The highest BCUT2D eigenvalue weighted by molar-refractivity contribution is 7.19. The predicted octanol–water partition coefficient (Wildman–Crippen LogP) is 5.26. The number of carbonyl (C=O) groups excluding carboxylic acids is 2. The number of benzene rings is 2. The van der Waals surface area contributed by atoms with Crippen LogP contribution in [-0.2, 0) is 16.1 Å². The molecule has 0 unspecified atom stereocenters. The van der Waals surface area contributed by atoms with Crippen LogP contribution >= 0.6 is 11.3 Å².